The summed E-state index contributed by atoms with van der Waals surface area (Å²) in [4.78, 5) is 23.6. The summed E-state index contributed by atoms with van der Waals surface area (Å²) >= 11 is 0. The van der Waals surface area contributed by atoms with Gasteiger partial charge in [-0.3, -0.25) is 4.79 Å². The highest BCUT2D eigenvalue weighted by Gasteiger charge is 2.36. The molecular weight excluding hydrogens is 214 g/mol. The lowest BCUT2D eigenvalue weighted by Crippen LogP contribution is -2.46. The van der Waals surface area contributed by atoms with E-state index in [0.717, 1.165) is 4.90 Å². The molecule has 1 saturated heterocycles. The van der Waals surface area contributed by atoms with Crippen molar-refractivity contribution in [2.24, 2.45) is 0 Å². The van der Waals surface area contributed by atoms with Crippen molar-refractivity contribution in [3.8, 4) is 0 Å². The van der Waals surface area contributed by atoms with Crippen LogP contribution in [0.4, 0.5) is 0 Å². The van der Waals surface area contributed by atoms with Crippen molar-refractivity contribution in [1.82, 2.24) is 4.90 Å². The largest absolute Gasteiger partial charge is 0.548 e. The summed E-state index contributed by atoms with van der Waals surface area (Å²) < 4.78 is 4.88. The highest BCUT2D eigenvalue weighted by molar-refractivity contribution is 5.94. The van der Waals surface area contributed by atoms with E-state index in [0.29, 0.717) is 0 Å². The van der Waals surface area contributed by atoms with Gasteiger partial charge in [0, 0.05) is 13.0 Å². The minimum absolute atomic E-state index is 0.00518. The van der Waals surface area contributed by atoms with Crippen LogP contribution in [0.15, 0.2) is 22.8 Å². The van der Waals surface area contributed by atoms with Crippen molar-refractivity contribution < 1.29 is 24.2 Å². The number of carbonyl (C=O) groups excluding carboxylic acids is 2. The van der Waals surface area contributed by atoms with Gasteiger partial charge in [0.1, 0.15) is 0 Å². The normalized spacial score (nSPS) is 24.7. The fourth-order valence-electron chi connectivity index (χ4n) is 1.80. The Morgan fingerprint density at radius 2 is 2.31 bits per heavy atom. The molecule has 1 aliphatic rings. The predicted octanol–water partition coefficient (Wildman–Crippen LogP) is -1.40. The van der Waals surface area contributed by atoms with E-state index in [1.807, 2.05) is 0 Å². The Labute approximate surface area is 91.1 Å². The summed E-state index contributed by atoms with van der Waals surface area (Å²) in [6.07, 6.45) is 0.490. The van der Waals surface area contributed by atoms with E-state index < -0.39 is 24.0 Å². The van der Waals surface area contributed by atoms with Gasteiger partial charge in [0.2, 0.25) is 0 Å². The fourth-order valence-corrected chi connectivity index (χ4v) is 1.80. The smallest absolute Gasteiger partial charge is 0.290 e. The number of hydrogen-bond donors (Lipinski definition) is 1. The number of aliphatic hydroxyl groups excluding tert-OH is 1. The highest BCUT2D eigenvalue weighted by atomic mass is 16.4. The second-order valence-corrected chi connectivity index (χ2v) is 3.66. The van der Waals surface area contributed by atoms with Crippen molar-refractivity contribution in [2.45, 2.75) is 18.6 Å². The van der Waals surface area contributed by atoms with Crippen molar-refractivity contribution in [2.75, 3.05) is 6.54 Å². The first-order chi connectivity index (χ1) is 7.59. The molecule has 1 amide bonds. The zero-order valence-electron chi connectivity index (χ0n) is 8.33. The summed E-state index contributed by atoms with van der Waals surface area (Å²) in [6, 6.07) is 1.89. The molecule has 1 fully saturated rings. The molecule has 2 rings (SSSR count). The highest BCUT2D eigenvalue weighted by Crippen LogP contribution is 2.20. The minimum atomic E-state index is -1.36. The van der Waals surface area contributed by atoms with Crippen LogP contribution in [0.25, 0.3) is 0 Å². The lowest BCUT2D eigenvalue weighted by molar-refractivity contribution is -0.310. The van der Waals surface area contributed by atoms with Gasteiger partial charge in [0.25, 0.3) is 5.91 Å². The van der Waals surface area contributed by atoms with Gasteiger partial charge < -0.3 is 24.3 Å². The van der Waals surface area contributed by atoms with E-state index in [-0.39, 0.29) is 18.7 Å². The van der Waals surface area contributed by atoms with Crippen LogP contribution in [0, 0.1) is 0 Å². The lowest BCUT2D eigenvalue weighted by Gasteiger charge is -2.23. The van der Waals surface area contributed by atoms with E-state index in [4.69, 9.17) is 4.42 Å². The second-order valence-electron chi connectivity index (χ2n) is 3.66. The number of aliphatic hydroxyl groups is 1. The van der Waals surface area contributed by atoms with Gasteiger partial charge in [-0.2, -0.15) is 0 Å². The SMILES string of the molecule is O=C([O-])[C@@H]1C[C@@H](O)CN1C(=O)c1ccco1. The third-order valence-corrected chi connectivity index (χ3v) is 2.54. The van der Waals surface area contributed by atoms with Crippen LogP contribution in [0.2, 0.25) is 0 Å². The Bertz CT molecular complexity index is 399. The van der Waals surface area contributed by atoms with E-state index in [2.05, 4.69) is 0 Å². The Kier molecular flexibility index (Phi) is 2.66. The molecule has 1 aromatic rings. The van der Waals surface area contributed by atoms with Crippen LogP contribution < -0.4 is 5.11 Å². The van der Waals surface area contributed by atoms with Gasteiger partial charge >= 0.3 is 0 Å². The Balaban J connectivity index is 2.20. The molecule has 0 aliphatic carbocycles. The maximum absolute atomic E-state index is 11.8. The Morgan fingerprint density at radius 3 is 2.88 bits per heavy atom. The molecule has 6 heteroatoms. The van der Waals surface area contributed by atoms with Crippen LogP contribution in [0.5, 0.6) is 0 Å². The minimum Gasteiger partial charge on any atom is -0.548 e. The molecule has 6 nitrogen and oxygen atoms in total. The number of hydrogen-bond acceptors (Lipinski definition) is 5. The molecule has 1 aliphatic heterocycles. The quantitative estimate of drug-likeness (QED) is 0.667. The van der Waals surface area contributed by atoms with Gasteiger partial charge in [-0.15, -0.1) is 0 Å². The van der Waals surface area contributed by atoms with Crippen molar-refractivity contribution in [3.05, 3.63) is 24.2 Å². The zero-order valence-corrected chi connectivity index (χ0v) is 8.33. The average Bonchev–Trinajstić information content (AvgIpc) is 2.84. The number of carbonyl (C=O) groups is 2. The number of β-amino-alcohol motifs (C(OH)–C–C–N with tert-alkyl or cyclic N) is 1. The summed E-state index contributed by atoms with van der Waals surface area (Å²) in [5.41, 5.74) is 0. The molecule has 0 saturated carbocycles. The number of rotatable bonds is 2. The molecule has 0 radical (unpaired) electrons. The maximum Gasteiger partial charge on any atom is 0.290 e. The van der Waals surface area contributed by atoms with Gasteiger partial charge in [0.15, 0.2) is 5.76 Å². The van der Waals surface area contributed by atoms with Crippen molar-refractivity contribution in [1.29, 1.82) is 0 Å². The topological polar surface area (TPSA) is 93.8 Å². The third kappa shape index (κ3) is 1.79. The molecule has 0 bridgehead atoms. The summed E-state index contributed by atoms with van der Waals surface area (Å²) in [5, 5.41) is 20.1. The summed E-state index contributed by atoms with van der Waals surface area (Å²) in [7, 11) is 0. The first-order valence-electron chi connectivity index (χ1n) is 4.83. The number of carboxylic acids is 1. The van der Waals surface area contributed by atoms with E-state index in [1.54, 1.807) is 0 Å². The summed E-state index contributed by atoms with van der Waals surface area (Å²) in [6.45, 7) is -0.0157. The number of amides is 1. The molecule has 2 atom stereocenters. The van der Waals surface area contributed by atoms with Gasteiger partial charge in [-0.05, 0) is 12.1 Å². The first-order valence-corrected chi connectivity index (χ1v) is 4.83. The molecule has 16 heavy (non-hydrogen) atoms. The molecule has 0 spiro atoms. The Hall–Kier alpha value is -1.82. The van der Waals surface area contributed by atoms with Crippen LogP contribution in [0.3, 0.4) is 0 Å². The number of likely N-dealkylation sites (tertiary alicyclic amines) is 1. The summed E-state index contributed by atoms with van der Waals surface area (Å²) in [5.74, 6) is -1.85. The number of aliphatic carboxylic acids is 1. The lowest BCUT2D eigenvalue weighted by atomic mass is 10.2. The third-order valence-electron chi connectivity index (χ3n) is 2.54. The molecular formula is C10H10NO5-. The van der Waals surface area contributed by atoms with Crippen LogP contribution in [-0.4, -0.2) is 40.6 Å². The molecule has 0 aromatic carbocycles. The average molecular weight is 224 g/mol. The first kappa shape index (κ1) is 10.7. The molecule has 86 valence electrons. The maximum atomic E-state index is 11.8. The van der Waals surface area contributed by atoms with Crippen molar-refractivity contribution >= 4 is 11.9 Å². The number of carboxylic acid groups (broad SMARTS) is 1. The van der Waals surface area contributed by atoms with Crippen LogP contribution in [-0.2, 0) is 4.79 Å². The Morgan fingerprint density at radius 1 is 1.56 bits per heavy atom. The van der Waals surface area contributed by atoms with Crippen molar-refractivity contribution in [3.63, 3.8) is 0 Å². The molecule has 0 unspecified atom stereocenters. The second kappa shape index (κ2) is 3.97. The van der Waals surface area contributed by atoms with Gasteiger partial charge in [0.05, 0.1) is 24.4 Å². The number of nitrogens with zero attached hydrogens (tertiary/aromatic N) is 1. The zero-order chi connectivity index (χ0) is 11.7. The van der Waals surface area contributed by atoms with E-state index >= 15 is 0 Å². The molecule has 2 heterocycles. The molecule has 1 N–H and O–H groups in total. The van der Waals surface area contributed by atoms with E-state index in [9.17, 15) is 19.8 Å². The monoisotopic (exact) mass is 224 g/mol. The van der Waals surface area contributed by atoms with E-state index in [1.165, 1.54) is 18.4 Å². The number of furan rings is 1. The van der Waals surface area contributed by atoms with Crippen LogP contribution in [0.1, 0.15) is 17.0 Å². The van der Waals surface area contributed by atoms with Gasteiger partial charge in [-0.25, -0.2) is 0 Å². The fraction of sp³-hybridized carbons (Fsp3) is 0.400. The predicted molar refractivity (Wildman–Crippen MR) is 49.2 cm³/mol. The molecule has 1 aromatic heterocycles. The van der Waals surface area contributed by atoms with Gasteiger partial charge in [-0.1, -0.05) is 0 Å². The van der Waals surface area contributed by atoms with Crippen LogP contribution >= 0.6 is 0 Å². The standard InChI is InChI=1S/C10H11NO5/c12-6-4-7(10(14)15)11(5-6)9(13)8-2-1-3-16-8/h1-3,6-7,12H,4-5H2,(H,14,15)/p-1/t6-,7+/m1/s1.